The Morgan fingerprint density at radius 3 is 1.87 bits per heavy atom. The van der Waals surface area contributed by atoms with Crippen molar-refractivity contribution in [1.82, 2.24) is 5.01 Å². The number of nitrogens with zero attached hydrogens (tertiary/aromatic N) is 2. The second-order valence-electron chi connectivity index (χ2n) is 11.0. The van der Waals surface area contributed by atoms with Crippen LogP contribution in [0.15, 0.2) is 97.3 Å². The van der Waals surface area contributed by atoms with E-state index in [4.69, 9.17) is 22.2 Å². The monoisotopic (exact) mass is 778 g/mol. The molecule has 0 amide bonds. The van der Waals surface area contributed by atoms with Crippen LogP contribution >= 0.6 is 23.4 Å². The Hall–Kier alpha value is -4.14. The zero-order valence-corrected chi connectivity index (χ0v) is 34.2. The number of hydrogen-bond acceptors (Lipinski definition) is 6. The lowest BCUT2D eigenvalue weighted by molar-refractivity contribution is -0.0980. The maximum atomic E-state index is 13.6. The zero-order chi connectivity index (χ0) is 42.2. The first-order valence-electron chi connectivity index (χ1n) is 16.5. The number of carbonyl (C=O) groups excluding carboxylic acids is 1. The third kappa shape index (κ3) is 24.7. The number of nitrogens with two attached hydrogens (primary N) is 2. The molecule has 4 rings (SSSR count). The summed E-state index contributed by atoms with van der Waals surface area (Å²) >= 11 is 7.88. The summed E-state index contributed by atoms with van der Waals surface area (Å²) in [5, 5.41) is 3.54. The molecular formula is C42H59ClF4N4OS. The first-order chi connectivity index (χ1) is 25.1. The van der Waals surface area contributed by atoms with Gasteiger partial charge in [0.05, 0.1) is 5.04 Å². The van der Waals surface area contributed by atoms with Gasteiger partial charge in [0.1, 0.15) is 18.4 Å². The van der Waals surface area contributed by atoms with Crippen molar-refractivity contribution in [3.05, 3.63) is 143 Å². The van der Waals surface area contributed by atoms with Crippen LogP contribution < -0.4 is 11.6 Å². The predicted molar refractivity (Wildman–Crippen MR) is 224 cm³/mol. The van der Waals surface area contributed by atoms with E-state index in [-0.39, 0.29) is 0 Å². The Bertz CT molecular complexity index is 1520. The lowest BCUT2D eigenvalue weighted by atomic mass is 9.79. The first-order valence-corrected chi connectivity index (χ1v) is 17.9. The molecule has 0 aliphatic carbocycles. The number of allylic oxidation sites excluding steroid dienone is 1. The van der Waals surface area contributed by atoms with E-state index in [0.29, 0.717) is 11.1 Å². The molecule has 0 spiro atoms. The molecule has 3 aromatic rings. The van der Waals surface area contributed by atoms with Crippen LogP contribution in [-0.2, 0) is 16.0 Å². The molecule has 294 valence electrons. The van der Waals surface area contributed by atoms with Crippen molar-refractivity contribution in [2.45, 2.75) is 79.4 Å². The van der Waals surface area contributed by atoms with Gasteiger partial charge in [-0.1, -0.05) is 70.1 Å². The fourth-order valence-corrected chi connectivity index (χ4v) is 4.88. The molecule has 0 unspecified atom stereocenters. The molecular weight excluding hydrogens is 720 g/mol. The van der Waals surface area contributed by atoms with Crippen molar-refractivity contribution in [3.8, 4) is 12.8 Å². The van der Waals surface area contributed by atoms with E-state index in [0.717, 1.165) is 57.7 Å². The minimum Gasteiger partial charge on any atom is -0.405 e. The molecule has 1 aliphatic rings. The minimum atomic E-state index is -0.837. The van der Waals surface area contributed by atoms with Gasteiger partial charge in [0, 0.05) is 41.5 Å². The average Bonchev–Trinajstić information content (AvgIpc) is 3.64. The standard InChI is InChI=1S/C22H24ClF2NS.C7H6F2.C4H10N2.C2H5N.C2H6.C2H4.C2H2.CH2O/c1-14-6-7-17(19(23)10-14)13-27-16(3)26-12-15(2)22(4,5)18-8-9-20(24)21(25)11-18;1-5-2-3-6(8)4-7(5)9;5-6-3-1-2-4-6;1-2-3;4*1-2/h6-12H,13H2,1-5H3;2-4H,1H3;1-5H2;2H,1,3H2;1-2H3;1-2H2;1-2H;1H2/b15-12+,26-16?;;;;;;;. The van der Waals surface area contributed by atoms with Crippen LogP contribution in [0, 0.1) is 50.0 Å². The summed E-state index contributed by atoms with van der Waals surface area (Å²) < 4.78 is 51.2. The molecule has 1 fully saturated rings. The largest absolute Gasteiger partial charge is 0.405 e. The maximum Gasteiger partial charge on any atom is 0.159 e. The lowest BCUT2D eigenvalue weighted by Crippen LogP contribution is -2.26. The SMILES string of the molecule is C#C.C=C.C=CN.C=O.CC.CC(=N/C=C(\C)C(C)(C)c1ccc(F)c(F)c1)SCc1ccc(C)cc1Cl.Cc1ccc(F)cc1F.NN1CCCC1. The molecule has 4 N–H and O–H groups in total. The first kappa shape index (κ1) is 55.6. The van der Waals surface area contributed by atoms with Crippen molar-refractivity contribution in [3.63, 3.8) is 0 Å². The van der Waals surface area contributed by atoms with E-state index < -0.39 is 28.7 Å². The van der Waals surface area contributed by atoms with Gasteiger partial charge in [0.2, 0.25) is 0 Å². The van der Waals surface area contributed by atoms with Crippen LogP contribution in [0.5, 0.6) is 0 Å². The quantitative estimate of drug-likeness (QED) is 0.0673. The minimum absolute atomic E-state index is 0.455. The molecule has 1 aliphatic heterocycles. The second kappa shape index (κ2) is 33.7. The van der Waals surface area contributed by atoms with Crippen molar-refractivity contribution in [2.75, 3.05) is 13.1 Å². The number of aryl methyl sites for hydroxylation is 2. The Balaban J connectivity index is -0.000000374. The molecule has 1 saturated heterocycles. The summed E-state index contributed by atoms with van der Waals surface area (Å²) in [4.78, 5) is 12.5. The molecule has 1 heterocycles. The van der Waals surface area contributed by atoms with E-state index in [1.54, 1.807) is 31.0 Å². The van der Waals surface area contributed by atoms with Crippen molar-refractivity contribution in [1.29, 1.82) is 0 Å². The number of terminal acetylenes is 1. The lowest BCUT2D eigenvalue weighted by Gasteiger charge is -2.26. The van der Waals surface area contributed by atoms with Crippen LogP contribution in [0.1, 0.15) is 76.6 Å². The normalized spacial score (nSPS) is 11.8. The molecule has 53 heavy (non-hydrogen) atoms. The average molecular weight is 779 g/mol. The van der Waals surface area contributed by atoms with Crippen molar-refractivity contribution in [2.24, 2.45) is 16.6 Å². The number of hydrogen-bond donors (Lipinski definition) is 2. The Morgan fingerprint density at radius 2 is 1.45 bits per heavy atom. The Morgan fingerprint density at radius 1 is 0.925 bits per heavy atom. The van der Waals surface area contributed by atoms with Crippen LogP contribution in [0.3, 0.4) is 0 Å². The van der Waals surface area contributed by atoms with Crippen LogP contribution in [0.2, 0.25) is 5.02 Å². The van der Waals surface area contributed by atoms with E-state index in [1.165, 1.54) is 37.2 Å². The van der Waals surface area contributed by atoms with E-state index in [2.05, 4.69) is 43.3 Å². The molecule has 0 saturated carbocycles. The van der Waals surface area contributed by atoms with Gasteiger partial charge in [0.25, 0.3) is 0 Å². The topological polar surface area (TPSA) is 84.7 Å². The zero-order valence-electron chi connectivity index (χ0n) is 32.6. The highest BCUT2D eigenvalue weighted by molar-refractivity contribution is 8.13. The van der Waals surface area contributed by atoms with Gasteiger partial charge >= 0.3 is 0 Å². The molecule has 5 nitrogen and oxygen atoms in total. The molecule has 0 atom stereocenters. The highest BCUT2D eigenvalue weighted by Crippen LogP contribution is 2.32. The summed E-state index contributed by atoms with van der Waals surface area (Å²) in [5.41, 5.74) is 8.51. The number of aliphatic imine (C=N–C) groups is 1. The molecule has 11 heteroatoms. The maximum absolute atomic E-state index is 13.6. The number of halogens is 5. The smallest absolute Gasteiger partial charge is 0.159 e. The number of thioether (sulfide) groups is 1. The summed E-state index contributed by atoms with van der Waals surface area (Å²) in [5.74, 6) is 3.42. The van der Waals surface area contributed by atoms with Crippen molar-refractivity contribution >= 4 is 35.2 Å². The van der Waals surface area contributed by atoms with E-state index in [1.807, 2.05) is 78.5 Å². The van der Waals surface area contributed by atoms with E-state index >= 15 is 0 Å². The van der Waals surface area contributed by atoms with Gasteiger partial charge in [-0.15, -0.1) is 37.8 Å². The predicted octanol–water partition coefficient (Wildman–Crippen LogP) is 11.7. The summed E-state index contributed by atoms with van der Waals surface area (Å²) in [7, 11) is 0. The van der Waals surface area contributed by atoms with Crippen LogP contribution in [-0.4, -0.2) is 29.9 Å². The fraction of sp³-hybridized carbons (Fsp3) is 0.333. The fourth-order valence-electron chi connectivity index (χ4n) is 3.76. The summed E-state index contributed by atoms with van der Waals surface area (Å²) in [6.07, 6.45) is 13.6. The summed E-state index contributed by atoms with van der Waals surface area (Å²) in [6.45, 7) is 28.8. The second-order valence-corrected chi connectivity index (χ2v) is 12.5. The third-order valence-corrected chi connectivity index (χ3v) is 8.32. The van der Waals surface area contributed by atoms with Gasteiger partial charge in [-0.25, -0.2) is 22.6 Å². The highest BCUT2D eigenvalue weighted by Gasteiger charge is 2.24. The van der Waals surface area contributed by atoms with Crippen LogP contribution in [0.25, 0.3) is 0 Å². The Labute approximate surface area is 326 Å². The van der Waals surface area contributed by atoms with Crippen molar-refractivity contribution < 1.29 is 22.4 Å². The number of rotatable bonds is 5. The van der Waals surface area contributed by atoms with Gasteiger partial charge in [-0.2, -0.15) is 0 Å². The number of hydrazine groups is 1. The highest BCUT2D eigenvalue weighted by atomic mass is 35.5. The van der Waals surface area contributed by atoms with Gasteiger partial charge in [-0.3, -0.25) is 10.8 Å². The van der Waals surface area contributed by atoms with E-state index in [9.17, 15) is 17.6 Å². The third-order valence-electron chi connectivity index (χ3n) is 6.99. The molecule has 0 aromatic heterocycles. The van der Waals surface area contributed by atoms with Gasteiger partial charge in [-0.05, 0) is 98.8 Å². The Kier molecular flexibility index (Phi) is 35.3. The molecule has 0 bridgehead atoms. The summed E-state index contributed by atoms with van der Waals surface area (Å²) in [6, 6.07) is 13.6. The number of carbonyl (C=O) groups is 1. The number of benzene rings is 3. The van der Waals surface area contributed by atoms with Gasteiger partial charge < -0.3 is 10.5 Å². The molecule has 3 aromatic carbocycles. The van der Waals surface area contributed by atoms with Gasteiger partial charge in [0.15, 0.2) is 11.6 Å². The van der Waals surface area contributed by atoms with Crippen LogP contribution in [0.4, 0.5) is 17.6 Å². The molecule has 0 radical (unpaired) electrons.